The first-order chi connectivity index (χ1) is 11.0. The molecule has 1 amide bonds. The van der Waals surface area contributed by atoms with E-state index in [-0.39, 0.29) is 17.7 Å². The molecule has 0 radical (unpaired) electrons. The molecule has 1 heterocycles. The summed E-state index contributed by atoms with van der Waals surface area (Å²) in [5.41, 5.74) is -0.483. The second-order valence-electron chi connectivity index (χ2n) is 6.87. The van der Waals surface area contributed by atoms with E-state index in [1.165, 1.54) is 4.90 Å². The Kier molecular flexibility index (Phi) is 4.91. The minimum atomic E-state index is -4.58. The van der Waals surface area contributed by atoms with Crippen molar-refractivity contribution in [2.24, 2.45) is 5.92 Å². The Morgan fingerprint density at radius 2 is 1.83 bits per heavy atom. The van der Waals surface area contributed by atoms with E-state index in [2.05, 4.69) is 9.97 Å². The third kappa shape index (κ3) is 4.27. The van der Waals surface area contributed by atoms with Crippen molar-refractivity contribution in [3.8, 4) is 5.75 Å². The summed E-state index contributed by atoms with van der Waals surface area (Å²) in [7, 11) is 0. The maximum absolute atomic E-state index is 12.4. The van der Waals surface area contributed by atoms with Gasteiger partial charge in [-0.15, -0.1) is 0 Å². The average molecular weight is 347 g/mol. The SMILES string of the molecule is CC(C)(C)N(C(=O)O)[C@H]1C[C@@H](COc2cnc(C(F)(F)F)nc2)C1. The highest BCUT2D eigenvalue weighted by molar-refractivity contribution is 5.66. The quantitative estimate of drug-likeness (QED) is 0.903. The van der Waals surface area contributed by atoms with Gasteiger partial charge < -0.3 is 14.7 Å². The van der Waals surface area contributed by atoms with Crippen LogP contribution < -0.4 is 4.74 Å². The number of alkyl halides is 3. The van der Waals surface area contributed by atoms with Gasteiger partial charge in [-0.05, 0) is 39.5 Å². The molecule has 0 atom stereocenters. The number of aromatic nitrogens is 2. The molecule has 1 aromatic heterocycles. The van der Waals surface area contributed by atoms with Gasteiger partial charge in [0.25, 0.3) is 0 Å². The normalized spacial score (nSPS) is 21.1. The average Bonchev–Trinajstić information content (AvgIpc) is 2.38. The summed E-state index contributed by atoms with van der Waals surface area (Å²) in [4.78, 5) is 19.2. The molecular formula is C15H20F3N3O3. The summed E-state index contributed by atoms with van der Waals surface area (Å²) in [6, 6.07) is -0.0695. The van der Waals surface area contributed by atoms with Gasteiger partial charge in [0.15, 0.2) is 5.75 Å². The maximum atomic E-state index is 12.4. The van der Waals surface area contributed by atoms with Gasteiger partial charge in [-0.1, -0.05) is 0 Å². The summed E-state index contributed by atoms with van der Waals surface area (Å²) in [6.45, 7) is 5.81. The van der Waals surface area contributed by atoms with Crippen LogP contribution in [0, 0.1) is 5.92 Å². The van der Waals surface area contributed by atoms with Crippen LogP contribution in [0.25, 0.3) is 0 Å². The predicted molar refractivity (Wildman–Crippen MR) is 78.7 cm³/mol. The topological polar surface area (TPSA) is 75.6 Å². The van der Waals surface area contributed by atoms with Crippen LogP contribution in [-0.4, -0.2) is 44.3 Å². The van der Waals surface area contributed by atoms with Gasteiger partial charge >= 0.3 is 12.3 Å². The molecule has 0 unspecified atom stereocenters. The first-order valence-corrected chi connectivity index (χ1v) is 7.53. The number of amides is 1. The predicted octanol–water partition coefficient (Wildman–Crippen LogP) is 3.43. The smallest absolute Gasteiger partial charge is 0.451 e. The Morgan fingerprint density at radius 3 is 2.25 bits per heavy atom. The zero-order valence-electron chi connectivity index (χ0n) is 13.7. The zero-order chi connectivity index (χ0) is 18.1. The van der Waals surface area contributed by atoms with Crippen molar-refractivity contribution in [1.82, 2.24) is 14.9 Å². The number of hydrogen-bond donors (Lipinski definition) is 1. The molecule has 9 heteroatoms. The Bertz CT molecular complexity index is 578. The fraction of sp³-hybridized carbons (Fsp3) is 0.667. The highest BCUT2D eigenvalue weighted by Crippen LogP contribution is 2.36. The molecule has 1 fully saturated rings. The molecule has 0 bridgehead atoms. The second-order valence-corrected chi connectivity index (χ2v) is 6.87. The first-order valence-electron chi connectivity index (χ1n) is 7.53. The number of ether oxygens (including phenoxy) is 1. The molecule has 134 valence electrons. The van der Waals surface area contributed by atoms with Gasteiger partial charge in [0.1, 0.15) is 0 Å². The third-order valence-electron chi connectivity index (χ3n) is 3.87. The Morgan fingerprint density at radius 1 is 1.29 bits per heavy atom. The van der Waals surface area contributed by atoms with Crippen LogP contribution in [0.3, 0.4) is 0 Å². The van der Waals surface area contributed by atoms with Crippen molar-refractivity contribution < 1.29 is 27.8 Å². The van der Waals surface area contributed by atoms with E-state index in [1.54, 1.807) is 0 Å². The standard InChI is InChI=1S/C15H20F3N3O3/c1-14(2,3)21(13(22)23)10-4-9(5-10)8-24-11-6-19-12(20-7-11)15(16,17)18/h6-7,9-10H,4-5,8H2,1-3H3,(H,22,23)/t9-,10+. The van der Waals surface area contributed by atoms with Crippen LogP contribution in [-0.2, 0) is 6.18 Å². The molecule has 0 aliphatic heterocycles. The van der Waals surface area contributed by atoms with Crippen LogP contribution in [0.4, 0.5) is 18.0 Å². The molecular weight excluding hydrogens is 327 g/mol. The van der Waals surface area contributed by atoms with Gasteiger partial charge in [-0.25, -0.2) is 14.8 Å². The van der Waals surface area contributed by atoms with Crippen LogP contribution in [0.5, 0.6) is 5.75 Å². The van der Waals surface area contributed by atoms with Gasteiger partial charge in [0, 0.05) is 11.6 Å². The fourth-order valence-corrected chi connectivity index (χ4v) is 2.79. The second kappa shape index (κ2) is 6.45. The number of carboxylic acid groups (broad SMARTS) is 1. The Labute approximate surface area is 137 Å². The number of nitrogens with zero attached hydrogens (tertiary/aromatic N) is 3. The molecule has 0 saturated heterocycles. The van der Waals surface area contributed by atoms with Crippen molar-refractivity contribution in [1.29, 1.82) is 0 Å². The molecule has 1 N–H and O–H groups in total. The van der Waals surface area contributed by atoms with Crippen molar-refractivity contribution >= 4 is 6.09 Å². The highest BCUT2D eigenvalue weighted by atomic mass is 19.4. The van der Waals surface area contributed by atoms with Crippen molar-refractivity contribution in [3.05, 3.63) is 18.2 Å². The summed E-state index contributed by atoms with van der Waals surface area (Å²) in [6.07, 6.45) is -2.23. The van der Waals surface area contributed by atoms with E-state index in [9.17, 15) is 23.1 Å². The molecule has 1 aliphatic carbocycles. The van der Waals surface area contributed by atoms with Gasteiger partial charge in [0.05, 0.1) is 19.0 Å². The van der Waals surface area contributed by atoms with Crippen molar-refractivity contribution in [2.45, 2.75) is 51.4 Å². The van der Waals surface area contributed by atoms with Crippen LogP contribution in [0.15, 0.2) is 12.4 Å². The first kappa shape index (κ1) is 18.3. The highest BCUT2D eigenvalue weighted by Gasteiger charge is 2.41. The zero-order valence-corrected chi connectivity index (χ0v) is 13.7. The number of rotatable bonds is 4. The molecule has 1 aromatic rings. The van der Waals surface area contributed by atoms with Gasteiger partial charge in [0.2, 0.25) is 5.82 Å². The summed E-state index contributed by atoms with van der Waals surface area (Å²) < 4.78 is 42.5. The van der Waals surface area contributed by atoms with Crippen LogP contribution in [0.1, 0.15) is 39.4 Å². The maximum Gasteiger partial charge on any atom is 0.451 e. The van der Waals surface area contributed by atoms with E-state index in [0.29, 0.717) is 19.4 Å². The van der Waals surface area contributed by atoms with E-state index in [1.807, 2.05) is 20.8 Å². The van der Waals surface area contributed by atoms with Gasteiger partial charge in [-0.2, -0.15) is 13.2 Å². The summed E-state index contributed by atoms with van der Waals surface area (Å²) >= 11 is 0. The molecule has 2 rings (SSSR count). The molecule has 1 saturated carbocycles. The fourth-order valence-electron chi connectivity index (χ4n) is 2.79. The lowest BCUT2D eigenvalue weighted by Gasteiger charge is -2.47. The number of hydrogen-bond acceptors (Lipinski definition) is 4. The van der Waals surface area contributed by atoms with E-state index in [0.717, 1.165) is 12.4 Å². The van der Waals surface area contributed by atoms with E-state index < -0.39 is 23.6 Å². The largest absolute Gasteiger partial charge is 0.490 e. The Hall–Kier alpha value is -2.06. The van der Waals surface area contributed by atoms with Crippen LogP contribution in [0.2, 0.25) is 0 Å². The lowest BCUT2D eigenvalue weighted by atomic mass is 9.78. The Balaban J connectivity index is 1.83. The molecule has 0 aromatic carbocycles. The van der Waals surface area contributed by atoms with Gasteiger partial charge in [-0.3, -0.25) is 0 Å². The lowest BCUT2D eigenvalue weighted by molar-refractivity contribution is -0.145. The molecule has 0 spiro atoms. The monoisotopic (exact) mass is 347 g/mol. The summed E-state index contributed by atoms with van der Waals surface area (Å²) in [5, 5.41) is 9.32. The minimum Gasteiger partial charge on any atom is -0.490 e. The third-order valence-corrected chi connectivity index (χ3v) is 3.87. The van der Waals surface area contributed by atoms with Crippen molar-refractivity contribution in [3.63, 3.8) is 0 Å². The van der Waals surface area contributed by atoms with E-state index in [4.69, 9.17) is 4.74 Å². The number of carbonyl (C=O) groups is 1. The van der Waals surface area contributed by atoms with Crippen molar-refractivity contribution in [2.75, 3.05) is 6.61 Å². The summed E-state index contributed by atoms with van der Waals surface area (Å²) in [5.74, 6) is -0.889. The molecule has 24 heavy (non-hydrogen) atoms. The van der Waals surface area contributed by atoms with E-state index >= 15 is 0 Å². The number of halogens is 3. The van der Waals surface area contributed by atoms with Crippen LogP contribution >= 0.6 is 0 Å². The lowest BCUT2D eigenvalue weighted by Crippen LogP contribution is -2.56. The molecule has 6 nitrogen and oxygen atoms in total. The molecule has 1 aliphatic rings. The minimum absolute atomic E-state index is 0.0695.